The number of rotatable bonds is 7. The zero-order valence-corrected chi connectivity index (χ0v) is 25.6. The molecular formula is C33H54N2O2. The van der Waals surface area contributed by atoms with Crippen LogP contribution in [0.25, 0.3) is 0 Å². The lowest BCUT2D eigenvalue weighted by Crippen LogP contribution is -2.46. The highest BCUT2D eigenvalue weighted by Crippen LogP contribution is 2.37. The number of nitrogens with zero attached hydrogens (tertiary/aromatic N) is 2. The van der Waals surface area contributed by atoms with Gasteiger partial charge in [-0.2, -0.15) is 0 Å². The van der Waals surface area contributed by atoms with E-state index < -0.39 is 0 Å². The number of aromatic hydroxyl groups is 1. The Morgan fingerprint density at radius 3 is 2.16 bits per heavy atom. The van der Waals surface area contributed by atoms with Crippen LogP contribution in [0.1, 0.15) is 118 Å². The van der Waals surface area contributed by atoms with E-state index in [0.717, 1.165) is 36.0 Å². The molecule has 0 heterocycles. The van der Waals surface area contributed by atoms with Crippen molar-refractivity contribution >= 4 is 6.21 Å². The lowest BCUT2D eigenvalue weighted by molar-refractivity contribution is 0.130. The fourth-order valence-corrected chi connectivity index (χ4v) is 5.32. The third-order valence-corrected chi connectivity index (χ3v) is 7.91. The summed E-state index contributed by atoms with van der Waals surface area (Å²) in [6.07, 6.45) is 9.49. The molecule has 0 aromatic heterocycles. The highest BCUT2D eigenvalue weighted by molar-refractivity contribution is 5.85. The molecule has 0 spiro atoms. The quantitative estimate of drug-likeness (QED) is 0.220. The standard InChI is InChI=1S/C33H54N2O2/c1-22(17-18-26(23(2)36)32(6,7)8)35(12)29-16-14-13-15-28(29)34-21-24-19-25(31(3,4)5)20-27(30(24)37)33(9,10)11/h18-22,28-29,36-37H,2,13-17H2,1,3-12H3/b26-18+,34-21?/t22?,28-,29?/m1/s1. The van der Waals surface area contributed by atoms with E-state index in [9.17, 15) is 10.2 Å². The van der Waals surface area contributed by atoms with Crippen molar-refractivity contribution in [3.63, 3.8) is 0 Å². The molecule has 1 fully saturated rings. The second-order valence-corrected chi connectivity index (χ2v) is 14.2. The van der Waals surface area contributed by atoms with Crippen LogP contribution in [0, 0.1) is 5.41 Å². The topological polar surface area (TPSA) is 56.1 Å². The van der Waals surface area contributed by atoms with Crippen LogP contribution >= 0.6 is 0 Å². The summed E-state index contributed by atoms with van der Waals surface area (Å²) >= 11 is 0. The van der Waals surface area contributed by atoms with E-state index in [2.05, 4.69) is 106 Å². The van der Waals surface area contributed by atoms with E-state index in [-0.39, 0.29) is 28.0 Å². The number of phenolic OH excluding ortho intramolecular Hbond substituents is 1. The SMILES string of the molecule is C=C(O)/C(=C\CC(C)N(C)C1CCCC[C@H]1N=Cc1cc(C(C)(C)C)cc(C(C)(C)C)c1O)C(C)(C)C. The van der Waals surface area contributed by atoms with Gasteiger partial charge < -0.3 is 10.2 Å². The van der Waals surface area contributed by atoms with Crippen LogP contribution < -0.4 is 0 Å². The maximum Gasteiger partial charge on any atom is 0.128 e. The number of aliphatic hydroxyl groups excluding tert-OH is 1. The Morgan fingerprint density at radius 2 is 1.65 bits per heavy atom. The Balaban J connectivity index is 2.34. The third-order valence-electron chi connectivity index (χ3n) is 7.91. The first kappa shape index (κ1) is 31.1. The zero-order valence-electron chi connectivity index (χ0n) is 25.6. The van der Waals surface area contributed by atoms with Crippen molar-refractivity contribution in [2.24, 2.45) is 10.4 Å². The van der Waals surface area contributed by atoms with Crippen molar-refractivity contribution in [2.75, 3.05) is 7.05 Å². The van der Waals surface area contributed by atoms with Gasteiger partial charge in [0.05, 0.1) is 6.04 Å². The Labute approximate surface area is 227 Å². The summed E-state index contributed by atoms with van der Waals surface area (Å²) in [6, 6.07) is 5.11. The number of hydrogen-bond acceptors (Lipinski definition) is 4. The summed E-state index contributed by atoms with van der Waals surface area (Å²) in [6.45, 7) is 25.4. The van der Waals surface area contributed by atoms with Gasteiger partial charge in [0.15, 0.2) is 0 Å². The van der Waals surface area contributed by atoms with E-state index in [4.69, 9.17) is 4.99 Å². The van der Waals surface area contributed by atoms with Gasteiger partial charge in [0.25, 0.3) is 0 Å². The summed E-state index contributed by atoms with van der Waals surface area (Å²) in [5.41, 5.74) is 3.60. The monoisotopic (exact) mass is 510 g/mol. The van der Waals surface area contributed by atoms with Gasteiger partial charge in [-0.25, -0.2) is 0 Å². The minimum atomic E-state index is -0.156. The second-order valence-electron chi connectivity index (χ2n) is 14.2. The molecule has 1 aromatic rings. The van der Waals surface area contributed by atoms with Crippen molar-refractivity contribution in [1.82, 2.24) is 4.90 Å². The Bertz CT molecular complexity index is 999. The molecule has 0 bridgehead atoms. The van der Waals surface area contributed by atoms with Crippen molar-refractivity contribution < 1.29 is 10.2 Å². The van der Waals surface area contributed by atoms with Gasteiger partial charge in [-0.05, 0) is 66.7 Å². The van der Waals surface area contributed by atoms with E-state index in [1.54, 1.807) is 0 Å². The zero-order chi connectivity index (χ0) is 28.3. The minimum absolute atomic E-state index is 0.0153. The van der Waals surface area contributed by atoms with Gasteiger partial charge in [0.2, 0.25) is 0 Å². The highest BCUT2D eigenvalue weighted by atomic mass is 16.3. The Kier molecular flexibility index (Phi) is 9.90. The first-order chi connectivity index (χ1) is 16.8. The molecule has 208 valence electrons. The highest BCUT2D eigenvalue weighted by Gasteiger charge is 2.31. The van der Waals surface area contributed by atoms with Crippen LogP contribution in [0.4, 0.5) is 0 Å². The molecule has 0 aliphatic heterocycles. The molecule has 37 heavy (non-hydrogen) atoms. The third kappa shape index (κ3) is 8.21. The molecule has 1 aliphatic carbocycles. The smallest absolute Gasteiger partial charge is 0.128 e. The molecule has 0 saturated heterocycles. The average molecular weight is 511 g/mol. The molecule has 2 N–H and O–H groups in total. The van der Waals surface area contributed by atoms with Gasteiger partial charge in [0.1, 0.15) is 11.5 Å². The van der Waals surface area contributed by atoms with E-state index in [0.29, 0.717) is 17.8 Å². The molecular weight excluding hydrogens is 456 g/mol. The van der Waals surface area contributed by atoms with Crippen molar-refractivity contribution in [1.29, 1.82) is 0 Å². The van der Waals surface area contributed by atoms with E-state index in [1.807, 2.05) is 6.21 Å². The molecule has 2 rings (SSSR count). The van der Waals surface area contributed by atoms with Gasteiger partial charge in [-0.3, -0.25) is 9.89 Å². The second kappa shape index (κ2) is 11.8. The van der Waals surface area contributed by atoms with E-state index >= 15 is 0 Å². The number of aliphatic imine (C=N–C) groups is 1. The largest absolute Gasteiger partial charge is 0.508 e. The first-order valence-electron chi connectivity index (χ1n) is 14.1. The number of aliphatic hydroxyl groups is 1. The van der Waals surface area contributed by atoms with Crippen LogP contribution in [0.15, 0.2) is 41.1 Å². The van der Waals surface area contributed by atoms with Crippen molar-refractivity contribution in [2.45, 2.75) is 130 Å². The van der Waals surface area contributed by atoms with Crippen LogP contribution in [0.5, 0.6) is 5.75 Å². The van der Waals surface area contributed by atoms with Crippen LogP contribution in [-0.2, 0) is 10.8 Å². The molecule has 4 heteroatoms. The van der Waals surface area contributed by atoms with Crippen LogP contribution in [-0.4, -0.2) is 46.5 Å². The summed E-state index contributed by atoms with van der Waals surface area (Å²) in [5, 5.41) is 21.3. The van der Waals surface area contributed by atoms with Gasteiger partial charge in [0, 0.05) is 29.4 Å². The number of allylic oxidation sites excluding steroid dienone is 1. The fraction of sp³-hybridized carbons (Fsp3) is 0.667. The Morgan fingerprint density at radius 1 is 1.05 bits per heavy atom. The molecule has 1 aliphatic rings. The normalized spacial score (nSPS) is 21.0. The lowest BCUT2D eigenvalue weighted by atomic mass is 9.79. The van der Waals surface area contributed by atoms with Crippen molar-refractivity contribution in [3.8, 4) is 5.75 Å². The molecule has 1 saturated carbocycles. The maximum atomic E-state index is 11.2. The van der Waals surface area contributed by atoms with Gasteiger partial charge >= 0.3 is 0 Å². The molecule has 0 radical (unpaired) electrons. The molecule has 4 nitrogen and oxygen atoms in total. The predicted molar refractivity (Wildman–Crippen MR) is 160 cm³/mol. The summed E-state index contributed by atoms with van der Waals surface area (Å²) in [4.78, 5) is 7.57. The van der Waals surface area contributed by atoms with Gasteiger partial charge in [-0.1, -0.05) is 93.9 Å². The number of benzene rings is 1. The summed E-state index contributed by atoms with van der Waals surface area (Å²) < 4.78 is 0. The fourth-order valence-electron chi connectivity index (χ4n) is 5.32. The van der Waals surface area contributed by atoms with Crippen LogP contribution in [0.3, 0.4) is 0 Å². The summed E-state index contributed by atoms with van der Waals surface area (Å²) in [5.74, 6) is 0.511. The van der Waals surface area contributed by atoms with Gasteiger partial charge in [-0.15, -0.1) is 0 Å². The lowest BCUT2D eigenvalue weighted by Gasteiger charge is -2.39. The number of hydrogen-bond donors (Lipinski definition) is 2. The average Bonchev–Trinajstić information content (AvgIpc) is 2.75. The molecule has 2 unspecified atom stereocenters. The number of phenols is 1. The predicted octanol–water partition coefficient (Wildman–Crippen LogP) is 8.47. The molecule has 1 aromatic carbocycles. The number of likely N-dealkylation sites (N-methyl/N-ethyl adjacent to an activating group) is 1. The van der Waals surface area contributed by atoms with Crippen molar-refractivity contribution in [3.05, 3.63) is 52.8 Å². The van der Waals surface area contributed by atoms with E-state index in [1.165, 1.54) is 18.4 Å². The maximum absolute atomic E-state index is 11.2. The van der Waals surface area contributed by atoms with Crippen LogP contribution in [0.2, 0.25) is 0 Å². The molecule has 0 amide bonds. The molecule has 3 atom stereocenters. The minimum Gasteiger partial charge on any atom is -0.508 e. The first-order valence-corrected chi connectivity index (χ1v) is 14.1. The summed E-state index contributed by atoms with van der Waals surface area (Å²) in [7, 11) is 2.21. The Hall–Kier alpha value is -2.07.